The minimum absolute atomic E-state index is 0.301. The van der Waals surface area contributed by atoms with Crippen LogP contribution in [0.2, 0.25) is 0 Å². The summed E-state index contributed by atoms with van der Waals surface area (Å²) in [6.45, 7) is 6.51. The van der Waals surface area contributed by atoms with E-state index in [1.807, 2.05) is 0 Å². The summed E-state index contributed by atoms with van der Waals surface area (Å²) in [4.78, 5) is 23.6. The largest absolute Gasteiger partial charge is 0.465 e. The van der Waals surface area contributed by atoms with Crippen molar-refractivity contribution in [1.82, 2.24) is 0 Å². The molecule has 0 N–H and O–H groups in total. The summed E-state index contributed by atoms with van der Waals surface area (Å²) in [5.74, 6) is -0.371. The van der Waals surface area contributed by atoms with E-state index >= 15 is 0 Å². The van der Waals surface area contributed by atoms with Crippen molar-refractivity contribution in [1.29, 1.82) is 0 Å². The average Bonchev–Trinajstić information content (AvgIpc) is 2.58. The Labute approximate surface area is 96.3 Å². The van der Waals surface area contributed by atoms with Crippen molar-refractivity contribution >= 4 is 11.9 Å². The molecule has 0 spiro atoms. The fourth-order valence-corrected chi connectivity index (χ4v) is 1.88. The maximum atomic E-state index is 11.9. The summed E-state index contributed by atoms with van der Waals surface area (Å²) >= 11 is 0. The van der Waals surface area contributed by atoms with Gasteiger partial charge < -0.3 is 9.47 Å². The Morgan fingerprint density at radius 3 is 2.69 bits per heavy atom. The second-order valence-corrected chi connectivity index (χ2v) is 4.62. The van der Waals surface area contributed by atoms with Crippen molar-refractivity contribution in [2.24, 2.45) is 11.3 Å². The summed E-state index contributed by atoms with van der Waals surface area (Å²) in [6.07, 6.45) is 1.81. The molecular formula is C12H20O4. The molecule has 1 fully saturated rings. The van der Waals surface area contributed by atoms with Crippen LogP contribution in [0, 0.1) is 11.3 Å². The van der Waals surface area contributed by atoms with Crippen LogP contribution in [-0.2, 0) is 19.1 Å². The third-order valence-corrected chi connectivity index (χ3v) is 2.97. The van der Waals surface area contributed by atoms with Gasteiger partial charge in [-0.15, -0.1) is 0 Å². The van der Waals surface area contributed by atoms with Gasteiger partial charge in [0.2, 0.25) is 0 Å². The molecule has 0 saturated carbocycles. The van der Waals surface area contributed by atoms with Gasteiger partial charge in [0.15, 0.2) is 5.41 Å². The Balaban J connectivity index is 2.76. The predicted molar refractivity (Wildman–Crippen MR) is 58.7 cm³/mol. The van der Waals surface area contributed by atoms with Gasteiger partial charge in [-0.3, -0.25) is 9.59 Å². The highest BCUT2D eigenvalue weighted by Gasteiger charge is 2.52. The molecule has 0 bridgehead atoms. The first kappa shape index (κ1) is 13.0. The summed E-state index contributed by atoms with van der Waals surface area (Å²) in [5, 5.41) is 0. The number of ether oxygens (including phenoxy) is 2. The first-order chi connectivity index (χ1) is 7.53. The normalized spacial score (nSPS) is 24.6. The molecule has 0 aromatic carbocycles. The summed E-state index contributed by atoms with van der Waals surface area (Å²) in [6, 6.07) is 0. The molecule has 0 radical (unpaired) electrons. The molecule has 92 valence electrons. The van der Waals surface area contributed by atoms with E-state index in [2.05, 4.69) is 13.8 Å². The molecule has 4 nitrogen and oxygen atoms in total. The Morgan fingerprint density at radius 2 is 2.25 bits per heavy atom. The monoisotopic (exact) mass is 228 g/mol. The second-order valence-electron chi connectivity index (χ2n) is 4.62. The molecule has 0 amide bonds. The van der Waals surface area contributed by atoms with Gasteiger partial charge >= 0.3 is 11.9 Å². The third kappa shape index (κ3) is 2.54. The van der Waals surface area contributed by atoms with Crippen LogP contribution in [0.5, 0.6) is 0 Å². The van der Waals surface area contributed by atoms with Crippen LogP contribution in [0.1, 0.15) is 40.0 Å². The van der Waals surface area contributed by atoms with E-state index in [0.717, 1.165) is 6.42 Å². The molecule has 16 heavy (non-hydrogen) atoms. The number of hydrogen-bond acceptors (Lipinski definition) is 4. The van der Waals surface area contributed by atoms with E-state index in [9.17, 15) is 9.59 Å². The Hall–Kier alpha value is -1.06. The highest BCUT2D eigenvalue weighted by atomic mass is 16.6. The van der Waals surface area contributed by atoms with Crippen molar-refractivity contribution in [2.75, 3.05) is 13.2 Å². The van der Waals surface area contributed by atoms with E-state index in [0.29, 0.717) is 32.0 Å². The predicted octanol–water partition coefficient (Wildman–Crippen LogP) is 1.92. The lowest BCUT2D eigenvalue weighted by molar-refractivity contribution is -0.165. The molecule has 0 aromatic rings. The van der Waals surface area contributed by atoms with Crippen LogP contribution >= 0.6 is 0 Å². The lowest BCUT2D eigenvalue weighted by Gasteiger charge is -2.22. The lowest BCUT2D eigenvalue weighted by Crippen LogP contribution is -2.37. The van der Waals surface area contributed by atoms with Gasteiger partial charge in [-0.05, 0) is 25.7 Å². The van der Waals surface area contributed by atoms with E-state index in [4.69, 9.17) is 9.47 Å². The van der Waals surface area contributed by atoms with Crippen molar-refractivity contribution in [3.63, 3.8) is 0 Å². The Morgan fingerprint density at radius 1 is 1.56 bits per heavy atom. The van der Waals surface area contributed by atoms with Gasteiger partial charge in [0.25, 0.3) is 0 Å². The van der Waals surface area contributed by atoms with Crippen LogP contribution in [0.15, 0.2) is 0 Å². The van der Waals surface area contributed by atoms with E-state index in [-0.39, 0.29) is 0 Å². The minimum Gasteiger partial charge on any atom is -0.465 e. The van der Waals surface area contributed by atoms with Gasteiger partial charge in [0.05, 0.1) is 13.2 Å². The SMILES string of the molecule is CCOC(=O)C1(CCC(C)C)CCOC1=O. The van der Waals surface area contributed by atoms with Gasteiger partial charge in [0.1, 0.15) is 0 Å². The second kappa shape index (κ2) is 5.32. The van der Waals surface area contributed by atoms with Gasteiger partial charge in [-0.2, -0.15) is 0 Å². The maximum absolute atomic E-state index is 11.9. The maximum Gasteiger partial charge on any atom is 0.323 e. The molecule has 0 aliphatic carbocycles. The number of rotatable bonds is 5. The molecule has 4 heteroatoms. The molecule has 1 unspecified atom stereocenters. The van der Waals surface area contributed by atoms with Crippen molar-refractivity contribution < 1.29 is 19.1 Å². The van der Waals surface area contributed by atoms with Crippen molar-refractivity contribution in [2.45, 2.75) is 40.0 Å². The molecule has 1 saturated heterocycles. The van der Waals surface area contributed by atoms with Crippen LogP contribution in [-0.4, -0.2) is 25.2 Å². The fraction of sp³-hybridized carbons (Fsp3) is 0.833. The minimum atomic E-state index is -1.03. The number of carbonyl (C=O) groups excluding carboxylic acids is 2. The van der Waals surface area contributed by atoms with Gasteiger partial charge in [0, 0.05) is 6.42 Å². The van der Waals surface area contributed by atoms with E-state index in [1.165, 1.54) is 0 Å². The molecule has 1 rings (SSSR count). The van der Waals surface area contributed by atoms with Crippen molar-refractivity contribution in [3.8, 4) is 0 Å². The molecular weight excluding hydrogens is 208 g/mol. The Kier molecular flexibility index (Phi) is 4.33. The third-order valence-electron chi connectivity index (χ3n) is 2.97. The van der Waals surface area contributed by atoms with Crippen molar-refractivity contribution in [3.05, 3.63) is 0 Å². The molecule has 0 aromatic heterocycles. The zero-order valence-corrected chi connectivity index (χ0v) is 10.2. The Bertz CT molecular complexity index is 272. The fourth-order valence-electron chi connectivity index (χ4n) is 1.88. The van der Waals surface area contributed by atoms with Crippen LogP contribution in [0.25, 0.3) is 0 Å². The number of cyclic esters (lactones) is 1. The summed E-state index contributed by atoms with van der Waals surface area (Å²) in [7, 11) is 0. The number of esters is 2. The number of carbonyl (C=O) groups is 2. The molecule has 1 aliphatic rings. The average molecular weight is 228 g/mol. The van der Waals surface area contributed by atoms with Crippen LogP contribution in [0.3, 0.4) is 0 Å². The molecule has 1 atom stereocenters. The zero-order valence-electron chi connectivity index (χ0n) is 10.2. The van der Waals surface area contributed by atoms with E-state index in [1.54, 1.807) is 6.92 Å². The topological polar surface area (TPSA) is 52.6 Å². The summed E-state index contributed by atoms with van der Waals surface area (Å²) in [5.41, 5.74) is -1.03. The standard InChI is InChI=1S/C12H20O4/c1-4-15-10(13)12(6-5-9(2)3)7-8-16-11(12)14/h9H,4-8H2,1-3H3. The highest BCUT2D eigenvalue weighted by Crippen LogP contribution is 2.37. The van der Waals surface area contributed by atoms with Crippen LogP contribution < -0.4 is 0 Å². The molecule has 1 aliphatic heterocycles. The van der Waals surface area contributed by atoms with E-state index < -0.39 is 17.4 Å². The first-order valence-electron chi connectivity index (χ1n) is 5.87. The quantitative estimate of drug-likeness (QED) is 0.533. The summed E-state index contributed by atoms with van der Waals surface area (Å²) < 4.78 is 9.92. The zero-order chi connectivity index (χ0) is 12.2. The van der Waals surface area contributed by atoms with Gasteiger partial charge in [-0.25, -0.2) is 0 Å². The highest BCUT2D eigenvalue weighted by molar-refractivity contribution is 6.01. The van der Waals surface area contributed by atoms with Crippen LogP contribution in [0.4, 0.5) is 0 Å². The first-order valence-corrected chi connectivity index (χ1v) is 5.87. The number of hydrogen-bond donors (Lipinski definition) is 0. The smallest absolute Gasteiger partial charge is 0.323 e. The molecule has 1 heterocycles. The lowest BCUT2D eigenvalue weighted by atomic mass is 9.80. The van der Waals surface area contributed by atoms with Gasteiger partial charge in [-0.1, -0.05) is 13.8 Å².